The summed E-state index contributed by atoms with van der Waals surface area (Å²) in [5.41, 5.74) is 0. The average molecular weight is 344 g/mol. The Morgan fingerprint density at radius 1 is 0.667 bits per heavy atom. The topological polar surface area (TPSA) is 107 Å². The van der Waals surface area contributed by atoms with Gasteiger partial charge in [0, 0.05) is 0 Å². The van der Waals surface area contributed by atoms with Crippen LogP contribution in [0.1, 0.15) is 0 Å². The Morgan fingerprint density at radius 2 is 1.04 bits per heavy atom. The third kappa shape index (κ3) is 11.7. The van der Waals surface area contributed by atoms with Gasteiger partial charge in [-0.05, 0) is 0 Å². The van der Waals surface area contributed by atoms with E-state index < -0.39 is 37.8 Å². The maximum Gasteiger partial charge on any atom is 0.509 e. The van der Waals surface area contributed by atoms with E-state index in [-0.39, 0.29) is 19.8 Å². The van der Waals surface area contributed by atoms with Crippen LogP contribution in [-0.4, -0.2) is 57.6 Å². The number of carbonyl (C=O) groups is 3. The number of rotatable bonds is 11. The zero-order chi connectivity index (χ0) is 18.2. The number of carbonyl (C=O) groups excluding carboxylic acids is 3. The normalized spacial score (nSPS) is 9.38. The SMILES string of the molecule is C=CCOC(=O)OCC(COC(=O)OCC=C)OC(=O)OCC=C. The van der Waals surface area contributed by atoms with Crippen LogP contribution >= 0.6 is 0 Å². The van der Waals surface area contributed by atoms with E-state index in [2.05, 4.69) is 33.9 Å². The van der Waals surface area contributed by atoms with Gasteiger partial charge in [-0.2, -0.15) is 0 Å². The molecule has 9 heteroatoms. The van der Waals surface area contributed by atoms with E-state index in [1.165, 1.54) is 18.2 Å². The molecule has 0 fully saturated rings. The first-order valence-electron chi connectivity index (χ1n) is 6.78. The van der Waals surface area contributed by atoms with Gasteiger partial charge in [-0.15, -0.1) is 0 Å². The summed E-state index contributed by atoms with van der Waals surface area (Å²) in [5.74, 6) is 0. The van der Waals surface area contributed by atoms with Crippen LogP contribution in [0.4, 0.5) is 14.4 Å². The van der Waals surface area contributed by atoms with Crippen molar-refractivity contribution >= 4 is 18.5 Å². The van der Waals surface area contributed by atoms with Crippen molar-refractivity contribution in [3.8, 4) is 0 Å². The van der Waals surface area contributed by atoms with Crippen molar-refractivity contribution in [1.29, 1.82) is 0 Å². The second-order valence-corrected chi connectivity index (χ2v) is 3.91. The average Bonchev–Trinajstić information content (AvgIpc) is 2.58. The summed E-state index contributed by atoms with van der Waals surface area (Å²) in [6, 6.07) is 0. The minimum atomic E-state index is -1.12. The first-order chi connectivity index (χ1) is 11.5. The molecule has 0 aromatic carbocycles. The van der Waals surface area contributed by atoms with Crippen molar-refractivity contribution in [2.24, 2.45) is 0 Å². The molecular formula is C15H20O9. The molecule has 0 atom stereocenters. The molecule has 0 aromatic heterocycles. The third-order valence-electron chi connectivity index (χ3n) is 1.99. The summed E-state index contributed by atoms with van der Waals surface area (Å²) >= 11 is 0. The first-order valence-corrected chi connectivity index (χ1v) is 6.78. The van der Waals surface area contributed by atoms with Gasteiger partial charge in [0.05, 0.1) is 0 Å². The van der Waals surface area contributed by atoms with Gasteiger partial charge in [0.2, 0.25) is 0 Å². The molecule has 0 bridgehead atoms. The predicted molar refractivity (Wildman–Crippen MR) is 81.4 cm³/mol. The van der Waals surface area contributed by atoms with Crippen LogP contribution in [0.25, 0.3) is 0 Å². The van der Waals surface area contributed by atoms with E-state index in [0.717, 1.165) is 0 Å². The molecule has 24 heavy (non-hydrogen) atoms. The van der Waals surface area contributed by atoms with E-state index in [1.807, 2.05) is 0 Å². The Kier molecular flexibility index (Phi) is 12.0. The molecule has 0 unspecified atom stereocenters. The van der Waals surface area contributed by atoms with Crippen LogP contribution in [0.3, 0.4) is 0 Å². The summed E-state index contributed by atoms with van der Waals surface area (Å²) in [4.78, 5) is 33.8. The van der Waals surface area contributed by atoms with Gasteiger partial charge in [-0.3, -0.25) is 0 Å². The van der Waals surface area contributed by atoms with Crippen molar-refractivity contribution in [2.45, 2.75) is 6.10 Å². The molecule has 0 aromatic rings. The lowest BCUT2D eigenvalue weighted by molar-refractivity contribution is -0.0416. The van der Waals surface area contributed by atoms with E-state index in [9.17, 15) is 14.4 Å². The molecule has 0 aliphatic heterocycles. The number of ether oxygens (including phenoxy) is 6. The monoisotopic (exact) mass is 344 g/mol. The lowest BCUT2D eigenvalue weighted by Gasteiger charge is -2.17. The molecule has 0 aliphatic carbocycles. The van der Waals surface area contributed by atoms with Gasteiger partial charge in [0.1, 0.15) is 33.0 Å². The Balaban J connectivity index is 4.40. The molecule has 0 saturated heterocycles. The largest absolute Gasteiger partial charge is 0.509 e. The highest BCUT2D eigenvalue weighted by Crippen LogP contribution is 2.01. The highest BCUT2D eigenvalue weighted by molar-refractivity contribution is 5.62. The van der Waals surface area contributed by atoms with E-state index in [1.54, 1.807) is 0 Å². The van der Waals surface area contributed by atoms with Crippen molar-refractivity contribution < 1.29 is 42.8 Å². The summed E-state index contributed by atoms with van der Waals surface area (Å²) in [6.45, 7) is 9.09. The molecule has 0 radical (unpaired) electrons. The summed E-state index contributed by atoms with van der Waals surface area (Å²) in [6.07, 6.45) is -0.139. The molecule has 0 amide bonds. The maximum atomic E-state index is 11.4. The number of hydrogen-bond donors (Lipinski definition) is 0. The highest BCUT2D eigenvalue weighted by Gasteiger charge is 2.21. The van der Waals surface area contributed by atoms with Crippen molar-refractivity contribution in [3.05, 3.63) is 38.0 Å². The van der Waals surface area contributed by atoms with Gasteiger partial charge in [0.15, 0.2) is 6.10 Å². The van der Waals surface area contributed by atoms with Crippen LogP contribution < -0.4 is 0 Å². The van der Waals surface area contributed by atoms with Crippen molar-refractivity contribution in [1.82, 2.24) is 0 Å². The maximum absolute atomic E-state index is 11.4. The Bertz CT molecular complexity index is 416. The lowest BCUT2D eigenvalue weighted by Crippen LogP contribution is -2.31. The lowest BCUT2D eigenvalue weighted by atomic mass is 10.4. The molecule has 9 nitrogen and oxygen atoms in total. The van der Waals surface area contributed by atoms with Gasteiger partial charge < -0.3 is 28.4 Å². The van der Waals surface area contributed by atoms with E-state index in [0.29, 0.717) is 0 Å². The summed E-state index contributed by atoms with van der Waals surface area (Å²) < 4.78 is 28.1. The van der Waals surface area contributed by atoms with E-state index in [4.69, 9.17) is 14.2 Å². The first kappa shape index (κ1) is 21.0. The van der Waals surface area contributed by atoms with Crippen LogP contribution in [-0.2, 0) is 28.4 Å². The summed E-state index contributed by atoms with van der Waals surface area (Å²) in [5, 5.41) is 0. The highest BCUT2D eigenvalue weighted by atomic mass is 16.8. The fourth-order valence-corrected chi connectivity index (χ4v) is 1.07. The fraction of sp³-hybridized carbons (Fsp3) is 0.400. The molecular weight excluding hydrogens is 324 g/mol. The van der Waals surface area contributed by atoms with Crippen LogP contribution in [0, 0.1) is 0 Å². The zero-order valence-corrected chi connectivity index (χ0v) is 13.1. The quantitative estimate of drug-likeness (QED) is 0.317. The Hall–Kier alpha value is -2.97. The molecule has 0 heterocycles. The second kappa shape index (κ2) is 13.7. The third-order valence-corrected chi connectivity index (χ3v) is 1.99. The molecule has 0 rings (SSSR count). The van der Waals surface area contributed by atoms with Gasteiger partial charge >= 0.3 is 18.5 Å². The van der Waals surface area contributed by atoms with Gasteiger partial charge in [-0.25, -0.2) is 14.4 Å². The minimum absolute atomic E-state index is 0.0455. The molecule has 0 saturated carbocycles. The standard InChI is InChI=1S/C15H20O9/c1-4-7-19-13(16)22-10-12(24-15(18)21-9-6-3)11-23-14(17)20-8-5-2/h4-6,12H,1-3,7-11H2. The predicted octanol–water partition coefficient (Wildman–Crippen LogP) is 2.37. The Morgan fingerprint density at radius 3 is 1.42 bits per heavy atom. The Labute approximate surface area is 139 Å². The van der Waals surface area contributed by atoms with Crippen LogP contribution in [0.5, 0.6) is 0 Å². The van der Waals surface area contributed by atoms with E-state index >= 15 is 0 Å². The molecule has 134 valence electrons. The van der Waals surface area contributed by atoms with Crippen LogP contribution in [0.2, 0.25) is 0 Å². The summed E-state index contributed by atoms with van der Waals surface area (Å²) in [7, 11) is 0. The van der Waals surface area contributed by atoms with Crippen molar-refractivity contribution in [3.63, 3.8) is 0 Å². The van der Waals surface area contributed by atoms with Gasteiger partial charge in [0.25, 0.3) is 0 Å². The molecule has 0 N–H and O–H groups in total. The zero-order valence-electron chi connectivity index (χ0n) is 13.1. The fourth-order valence-electron chi connectivity index (χ4n) is 1.07. The minimum Gasteiger partial charge on any atom is -0.430 e. The van der Waals surface area contributed by atoms with Crippen LogP contribution in [0.15, 0.2) is 38.0 Å². The number of hydrogen-bond acceptors (Lipinski definition) is 9. The second-order valence-electron chi connectivity index (χ2n) is 3.91. The van der Waals surface area contributed by atoms with Gasteiger partial charge in [-0.1, -0.05) is 38.0 Å². The smallest absolute Gasteiger partial charge is 0.430 e. The molecule has 0 spiro atoms. The van der Waals surface area contributed by atoms with Crippen molar-refractivity contribution in [2.75, 3.05) is 33.0 Å². The molecule has 0 aliphatic rings.